The third-order valence-electron chi connectivity index (χ3n) is 4.07. The normalized spacial score (nSPS) is 13.4. The lowest BCUT2D eigenvalue weighted by Crippen LogP contribution is -2.51. The average molecular weight is 280 g/mol. The van der Waals surface area contributed by atoms with Gasteiger partial charge in [-0.3, -0.25) is 4.90 Å². The number of nitrogens with zero attached hydrogens (tertiary/aromatic N) is 1. The molecule has 0 saturated carbocycles. The summed E-state index contributed by atoms with van der Waals surface area (Å²) < 4.78 is 10.6. The summed E-state index contributed by atoms with van der Waals surface area (Å²) in [5.74, 6) is 1.54. The maximum atomic E-state index is 6.52. The van der Waals surface area contributed by atoms with Gasteiger partial charge in [-0.2, -0.15) is 0 Å². The van der Waals surface area contributed by atoms with Crippen LogP contribution in [0.1, 0.15) is 39.3 Å². The Hall–Kier alpha value is -1.26. The molecule has 1 aromatic rings. The van der Waals surface area contributed by atoms with Gasteiger partial charge < -0.3 is 15.2 Å². The number of ether oxygens (including phenoxy) is 2. The van der Waals surface area contributed by atoms with Gasteiger partial charge in [-0.15, -0.1) is 0 Å². The van der Waals surface area contributed by atoms with Gasteiger partial charge in [-0.05, 0) is 44.6 Å². The van der Waals surface area contributed by atoms with E-state index >= 15 is 0 Å². The molecule has 1 rings (SSSR count). The van der Waals surface area contributed by atoms with Crippen LogP contribution in [0.3, 0.4) is 0 Å². The molecular formula is C16H28N2O2. The minimum atomic E-state index is -0.138. The van der Waals surface area contributed by atoms with E-state index in [4.69, 9.17) is 15.2 Å². The van der Waals surface area contributed by atoms with Gasteiger partial charge in [0.2, 0.25) is 0 Å². The van der Waals surface area contributed by atoms with Gasteiger partial charge in [0.05, 0.1) is 14.2 Å². The Labute approximate surface area is 122 Å². The minimum absolute atomic E-state index is 0.119. The van der Waals surface area contributed by atoms with E-state index in [1.54, 1.807) is 14.2 Å². The summed E-state index contributed by atoms with van der Waals surface area (Å²) >= 11 is 0. The van der Waals surface area contributed by atoms with Crippen molar-refractivity contribution in [3.05, 3.63) is 23.8 Å². The van der Waals surface area contributed by atoms with Gasteiger partial charge in [0.1, 0.15) is 11.5 Å². The summed E-state index contributed by atoms with van der Waals surface area (Å²) in [6.45, 7) is 10.6. The summed E-state index contributed by atoms with van der Waals surface area (Å²) in [5, 5.41) is 0. The summed E-state index contributed by atoms with van der Waals surface area (Å²) in [6.07, 6.45) is 0. The van der Waals surface area contributed by atoms with Crippen LogP contribution in [0.2, 0.25) is 0 Å². The lowest BCUT2D eigenvalue weighted by Gasteiger charge is -2.42. The molecule has 0 bridgehead atoms. The van der Waals surface area contributed by atoms with Gasteiger partial charge in [-0.1, -0.05) is 13.8 Å². The van der Waals surface area contributed by atoms with Crippen LogP contribution in [0.15, 0.2) is 18.2 Å². The summed E-state index contributed by atoms with van der Waals surface area (Å²) in [7, 11) is 3.30. The van der Waals surface area contributed by atoms with Gasteiger partial charge >= 0.3 is 0 Å². The Kier molecular flexibility index (Phi) is 5.84. The third kappa shape index (κ3) is 3.44. The second kappa shape index (κ2) is 6.95. The number of nitrogens with two attached hydrogens (primary N) is 1. The first-order chi connectivity index (χ1) is 9.40. The highest BCUT2D eigenvalue weighted by atomic mass is 16.5. The van der Waals surface area contributed by atoms with Crippen molar-refractivity contribution in [3.8, 4) is 11.5 Å². The predicted molar refractivity (Wildman–Crippen MR) is 83.5 cm³/mol. The maximum Gasteiger partial charge on any atom is 0.122 e. The van der Waals surface area contributed by atoms with E-state index in [-0.39, 0.29) is 11.6 Å². The molecule has 114 valence electrons. The zero-order chi connectivity index (χ0) is 15.3. The summed E-state index contributed by atoms with van der Waals surface area (Å²) in [4.78, 5) is 2.36. The van der Waals surface area contributed by atoms with Crippen LogP contribution >= 0.6 is 0 Å². The van der Waals surface area contributed by atoms with Crippen molar-refractivity contribution in [2.75, 3.05) is 27.3 Å². The highest BCUT2D eigenvalue weighted by Gasteiger charge is 2.33. The standard InChI is InChI=1S/C16H28N2O2/c1-7-18(8-2)16(3,4)15(17)12-9-13(19-5)11-14(10-12)20-6/h9-11,15H,7-8,17H2,1-6H3. The molecule has 0 aliphatic rings. The number of hydrogen-bond acceptors (Lipinski definition) is 4. The second-order valence-electron chi connectivity index (χ2n) is 5.45. The van der Waals surface area contributed by atoms with Gasteiger partial charge in [0.15, 0.2) is 0 Å². The number of likely N-dealkylation sites (N-methyl/N-ethyl adjacent to an activating group) is 1. The maximum absolute atomic E-state index is 6.52. The van der Waals surface area contributed by atoms with E-state index in [0.717, 1.165) is 30.2 Å². The fourth-order valence-electron chi connectivity index (χ4n) is 2.65. The van der Waals surface area contributed by atoms with Crippen molar-refractivity contribution in [1.29, 1.82) is 0 Å². The van der Waals surface area contributed by atoms with E-state index in [2.05, 4.69) is 32.6 Å². The van der Waals surface area contributed by atoms with E-state index in [1.165, 1.54) is 0 Å². The van der Waals surface area contributed by atoms with Crippen LogP contribution in [0.5, 0.6) is 11.5 Å². The van der Waals surface area contributed by atoms with E-state index < -0.39 is 0 Å². The van der Waals surface area contributed by atoms with Crippen LogP contribution in [-0.4, -0.2) is 37.7 Å². The number of benzene rings is 1. The molecule has 0 spiro atoms. The van der Waals surface area contributed by atoms with Gasteiger partial charge in [0.25, 0.3) is 0 Å². The molecule has 0 saturated heterocycles. The SMILES string of the molecule is CCN(CC)C(C)(C)C(N)c1cc(OC)cc(OC)c1. The quantitative estimate of drug-likeness (QED) is 0.834. The number of rotatable bonds is 7. The number of hydrogen-bond donors (Lipinski definition) is 1. The molecule has 1 atom stereocenters. The molecule has 0 amide bonds. The molecule has 0 aromatic heterocycles. The fourth-order valence-corrected chi connectivity index (χ4v) is 2.65. The lowest BCUT2D eigenvalue weighted by molar-refractivity contribution is 0.106. The van der Waals surface area contributed by atoms with Crippen molar-refractivity contribution < 1.29 is 9.47 Å². The van der Waals surface area contributed by atoms with Crippen LogP contribution in [0, 0.1) is 0 Å². The highest BCUT2D eigenvalue weighted by Crippen LogP contribution is 2.33. The van der Waals surface area contributed by atoms with E-state index in [0.29, 0.717) is 0 Å². The van der Waals surface area contributed by atoms with Crippen molar-refractivity contribution >= 4 is 0 Å². The summed E-state index contributed by atoms with van der Waals surface area (Å²) in [5.41, 5.74) is 7.41. The third-order valence-corrected chi connectivity index (χ3v) is 4.07. The largest absolute Gasteiger partial charge is 0.497 e. The van der Waals surface area contributed by atoms with Crippen LogP contribution in [-0.2, 0) is 0 Å². The van der Waals surface area contributed by atoms with E-state index in [9.17, 15) is 0 Å². The van der Waals surface area contributed by atoms with Gasteiger partial charge in [0, 0.05) is 17.6 Å². The first-order valence-electron chi connectivity index (χ1n) is 7.14. The van der Waals surface area contributed by atoms with Crippen molar-refractivity contribution in [2.45, 2.75) is 39.3 Å². The lowest BCUT2D eigenvalue weighted by atomic mass is 9.87. The Balaban J connectivity index is 3.15. The van der Waals surface area contributed by atoms with Crippen molar-refractivity contribution in [2.24, 2.45) is 5.73 Å². The first kappa shape index (κ1) is 16.8. The molecule has 2 N–H and O–H groups in total. The zero-order valence-corrected chi connectivity index (χ0v) is 13.6. The predicted octanol–water partition coefficient (Wildman–Crippen LogP) is 2.82. The Morgan fingerprint density at radius 3 is 1.85 bits per heavy atom. The molecule has 0 fully saturated rings. The Morgan fingerprint density at radius 2 is 1.50 bits per heavy atom. The number of methoxy groups -OCH3 is 2. The molecule has 4 nitrogen and oxygen atoms in total. The van der Waals surface area contributed by atoms with Crippen LogP contribution in [0.4, 0.5) is 0 Å². The van der Waals surface area contributed by atoms with Crippen molar-refractivity contribution in [3.63, 3.8) is 0 Å². The molecule has 1 unspecified atom stereocenters. The molecule has 0 aliphatic carbocycles. The highest BCUT2D eigenvalue weighted by molar-refractivity contribution is 5.40. The van der Waals surface area contributed by atoms with Gasteiger partial charge in [-0.25, -0.2) is 0 Å². The van der Waals surface area contributed by atoms with Crippen LogP contribution < -0.4 is 15.2 Å². The molecular weight excluding hydrogens is 252 g/mol. The molecule has 0 radical (unpaired) electrons. The average Bonchev–Trinajstić information content (AvgIpc) is 2.46. The van der Waals surface area contributed by atoms with Crippen LogP contribution in [0.25, 0.3) is 0 Å². The molecule has 20 heavy (non-hydrogen) atoms. The van der Waals surface area contributed by atoms with Crippen molar-refractivity contribution in [1.82, 2.24) is 4.90 Å². The van der Waals surface area contributed by atoms with E-state index in [1.807, 2.05) is 18.2 Å². The molecule has 1 aromatic carbocycles. The molecule has 0 heterocycles. The Morgan fingerprint density at radius 1 is 1.05 bits per heavy atom. The first-order valence-corrected chi connectivity index (χ1v) is 7.14. The topological polar surface area (TPSA) is 47.7 Å². The second-order valence-corrected chi connectivity index (χ2v) is 5.45. The molecule has 4 heteroatoms. The monoisotopic (exact) mass is 280 g/mol. The zero-order valence-electron chi connectivity index (χ0n) is 13.6. The smallest absolute Gasteiger partial charge is 0.122 e. The Bertz CT molecular complexity index is 406. The fraction of sp³-hybridized carbons (Fsp3) is 0.625. The summed E-state index contributed by atoms with van der Waals surface area (Å²) in [6, 6.07) is 5.71. The molecule has 0 aliphatic heterocycles. The minimum Gasteiger partial charge on any atom is -0.497 e.